The van der Waals surface area contributed by atoms with Gasteiger partial charge in [0.2, 0.25) is 0 Å². The van der Waals surface area contributed by atoms with Crippen molar-refractivity contribution in [3.63, 3.8) is 0 Å². The van der Waals surface area contributed by atoms with Gasteiger partial charge < -0.3 is 9.64 Å². The Morgan fingerprint density at radius 1 is 1.23 bits per heavy atom. The maximum Gasteiger partial charge on any atom is 0.359 e. The molecule has 0 fully saturated rings. The minimum Gasteiger partial charge on any atom is -0.461 e. The first-order valence-corrected chi connectivity index (χ1v) is 8.69. The molecule has 2 aromatic carbocycles. The van der Waals surface area contributed by atoms with Crippen LogP contribution in [0.15, 0.2) is 40.9 Å². The van der Waals surface area contributed by atoms with E-state index in [1.54, 1.807) is 29.6 Å². The lowest BCUT2D eigenvalue weighted by atomic mass is 10.2. The van der Waals surface area contributed by atoms with Gasteiger partial charge in [0.15, 0.2) is 17.3 Å². The summed E-state index contributed by atoms with van der Waals surface area (Å²) in [4.78, 5) is 13.9. The molecule has 26 heavy (non-hydrogen) atoms. The zero-order valence-electron chi connectivity index (χ0n) is 14.2. The van der Waals surface area contributed by atoms with Crippen molar-refractivity contribution in [3.05, 3.63) is 58.2 Å². The first-order chi connectivity index (χ1) is 12.4. The Balaban J connectivity index is 1.99. The van der Waals surface area contributed by atoms with Crippen molar-refractivity contribution in [1.29, 1.82) is 0 Å². The maximum atomic E-state index is 13.5. The van der Waals surface area contributed by atoms with Crippen LogP contribution in [0.3, 0.4) is 0 Å². The number of carbonyl (C=O) groups excluding carboxylic acids is 1. The van der Waals surface area contributed by atoms with Gasteiger partial charge in [-0.1, -0.05) is 15.9 Å². The second-order valence-electron chi connectivity index (χ2n) is 5.67. The molecule has 0 bridgehead atoms. The summed E-state index contributed by atoms with van der Waals surface area (Å²) in [7, 11) is 1.73. The van der Waals surface area contributed by atoms with Gasteiger partial charge in [-0.3, -0.25) is 0 Å². The minimum atomic E-state index is -0.921. The Kier molecular flexibility index (Phi) is 5.22. The summed E-state index contributed by atoms with van der Waals surface area (Å²) in [5, 5.41) is 5.02. The summed E-state index contributed by atoms with van der Waals surface area (Å²) in [6.07, 6.45) is 0. The number of hydrogen-bond acceptors (Lipinski definition) is 4. The van der Waals surface area contributed by atoms with Crippen molar-refractivity contribution in [2.24, 2.45) is 0 Å². The Hall–Kier alpha value is -2.48. The molecule has 0 saturated heterocycles. The van der Waals surface area contributed by atoms with E-state index in [-0.39, 0.29) is 19.0 Å². The smallest absolute Gasteiger partial charge is 0.359 e. The lowest BCUT2D eigenvalue weighted by Gasteiger charge is -2.20. The van der Waals surface area contributed by atoms with Crippen LogP contribution in [-0.4, -0.2) is 29.4 Å². The standard InChI is InChI=1S/C18H16BrF2N3O2/c1-3-26-18(25)17-13-8-11(19)4-7-16(13)24(22-17)10-23(2)12-5-6-14(20)15(21)9-12/h4-9H,3,10H2,1-2H3. The normalized spacial score (nSPS) is 11.0. The number of rotatable bonds is 5. The summed E-state index contributed by atoms with van der Waals surface area (Å²) in [6.45, 7) is 2.21. The van der Waals surface area contributed by atoms with E-state index < -0.39 is 17.6 Å². The molecular formula is C18H16BrF2N3O2. The molecule has 0 aliphatic carbocycles. The van der Waals surface area contributed by atoms with E-state index >= 15 is 0 Å². The van der Waals surface area contributed by atoms with Crippen LogP contribution in [0.5, 0.6) is 0 Å². The van der Waals surface area contributed by atoms with Crippen molar-refractivity contribution in [2.75, 3.05) is 18.6 Å². The second kappa shape index (κ2) is 7.41. The molecule has 0 spiro atoms. The van der Waals surface area contributed by atoms with Gasteiger partial charge in [-0.25, -0.2) is 18.3 Å². The predicted octanol–water partition coefficient (Wildman–Crippen LogP) is 4.35. The van der Waals surface area contributed by atoms with Gasteiger partial charge in [0.1, 0.15) is 6.67 Å². The molecule has 0 aliphatic rings. The molecule has 0 N–H and O–H groups in total. The average Bonchev–Trinajstić information content (AvgIpc) is 2.95. The van der Waals surface area contributed by atoms with Crippen LogP contribution in [0.2, 0.25) is 0 Å². The molecule has 0 radical (unpaired) electrons. The summed E-state index contributed by atoms with van der Waals surface area (Å²) >= 11 is 3.39. The first kappa shape index (κ1) is 18.3. The fraction of sp³-hybridized carbons (Fsp3) is 0.222. The molecule has 5 nitrogen and oxygen atoms in total. The number of anilines is 1. The minimum absolute atomic E-state index is 0.210. The van der Waals surface area contributed by atoms with Crippen molar-refractivity contribution >= 4 is 38.5 Å². The molecule has 1 aromatic heterocycles. The lowest BCUT2D eigenvalue weighted by molar-refractivity contribution is 0.0520. The van der Waals surface area contributed by atoms with Crippen LogP contribution in [0.4, 0.5) is 14.5 Å². The number of carbonyl (C=O) groups is 1. The first-order valence-electron chi connectivity index (χ1n) is 7.90. The highest BCUT2D eigenvalue weighted by Gasteiger charge is 2.19. The maximum absolute atomic E-state index is 13.5. The Morgan fingerprint density at radius 3 is 2.69 bits per heavy atom. The van der Waals surface area contributed by atoms with E-state index in [0.717, 1.165) is 22.1 Å². The van der Waals surface area contributed by atoms with Gasteiger partial charge in [-0.05, 0) is 37.3 Å². The lowest BCUT2D eigenvalue weighted by Crippen LogP contribution is -2.22. The summed E-state index contributed by atoms with van der Waals surface area (Å²) in [5.74, 6) is -2.33. The third kappa shape index (κ3) is 3.55. The highest BCUT2D eigenvalue weighted by Crippen LogP contribution is 2.25. The zero-order chi connectivity index (χ0) is 18.8. The van der Waals surface area contributed by atoms with Crippen molar-refractivity contribution in [3.8, 4) is 0 Å². The molecule has 0 atom stereocenters. The fourth-order valence-electron chi connectivity index (χ4n) is 2.61. The summed E-state index contributed by atoms with van der Waals surface area (Å²) in [5.41, 5.74) is 1.43. The molecule has 0 saturated carbocycles. The van der Waals surface area contributed by atoms with Crippen molar-refractivity contribution < 1.29 is 18.3 Å². The third-order valence-corrected chi connectivity index (χ3v) is 4.36. The van der Waals surface area contributed by atoms with Gasteiger partial charge in [0.25, 0.3) is 0 Å². The molecule has 3 rings (SSSR count). The molecule has 1 heterocycles. The van der Waals surface area contributed by atoms with Gasteiger partial charge in [0.05, 0.1) is 12.1 Å². The van der Waals surface area contributed by atoms with Crippen LogP contribution >= 0.6 is 15.9 Å². The average molecular weight is 424 g/mol. The molecule has 0 amide bonds. The number of nitrogens with zero attached hydrogens (tertiary/aromatic N) is 3. The second-order valence-corrected chi connectivity index (χ2v) is 6.58. The molecule has 0 unspecified atom stereocenters. The fourth-order valence-corrected chi connectivity index (χ4v) is 2.98. The predicted molar refractivity (Wildman–Crippen MR) is 98.2 cm³/mol. The van der Waals surface area contributed by atoms with E-state index in [4.69, 9.17) is 4.74 Å². The highest BCUT2D eigenvalue weighted by molar-refractivity contribution is 9.10. The zero-order valence-corrected chi connectivity index (χ0v) is 15.8. The number of esters is 1. The van der Waals surface area contributed by atoms with E-state index in [1.165, 1.54) is 6.07 Å². The molecule has 3 aromatic rings. The number of hydrogen-bond donors (Lipinski definition) is 0. The summed E-state index contributed by atoms with van der Waals surface area (Å²) < 4.78 is 34.1. The molecule has 0 aliphatic heterocycles. The molecule has 8 heteroatoms. The monoisotopic (exact) mass is 423 g/mol. The van der Waals surface area contributed by atoms with Gasteiger partial charge in [-0.15, -0.1) is 0 Å². The Bertz CT molecular complexity index is 974. The van der Waals surface area contributed by atoms with Crippen molar-refractivity contribution in [2.45, 2.75) is 13.6 Å². The van der Waals surface area contributed by atoms with Crippen LogP contribution in [-0.2, 0) is 11.4 Å². The largest absolute Gasteiger partial charge is 0.461 e. The number of benzene rings is 2. The van der Waals surface area contributed by atoms with Gasteiger partial charge in [-0.2, -0.15) is 5.10 Å². The van der Waals surface area contributed by atoms with E-state index in [2.05, 4.69) is 21.0 Å². The molecular weight excluding hydrogens is 408 g/mol. The number of ether oxygens (including phenoxy) is 1. The molecule has 136 valence electrons. The summed E-state index contributed by atoms with van der Waals surface area (Å²) in [6, 6.07) is 9.13. The SMILES string of the molecule is CCOC(=O)c1nn(CN(C)c2ccc(F)c(F)c2)c2ccc(Br)cc12. The Morgan fingerprint density at radius 2 is 2.00 bits per heavy atom. The third-order valence-electron chi connectivity index (χ3n) is 3.87. The number of halogens is 3. The van der Waals surface area contributed by atoms with Crippen LogP contribution in [0.1, 0.15) is 17.4 Å². The van der Waals surface area contributed by atoms with Gasteiger partial charge in [0, 0.05) is 28.7 Å². The van der Waals surface area contributed by atoms with E-state index in [9.17, 15) is 13.6 Å². The number of fused-ring (bicyclic) bond motifs is 1. The van der Waals surface area contributed by atoms with E-state index in [1.807, 2.05) is 12.1 Å². The van der Waals surface area contributed by atoms with Crippen molar-refractivity contribution in [1.82, 2.24) is 9.78 Å². The Labute approximate surface area is 157 Å². The van der Waals surface area contributed by atoms with Crippen LogP contribution < -0.4 is 4.90 Å². The van der Waals surface area contributed by atoms with Gasteiger partial charge >= 0.3 is 5.97 Å². The topological polar surface area (TPSA) is 47.4 Å². The van der Waals surface area contributed by atoms with Crippen LogP contribution in [0.25, 0.3) is 10.9 Å². The highest BCUT2D eigenvalue weighted by atomic mass is 79.9. The van der Waals surface area contributed by atoms with Crippen LogP contribution in [0, 0.1) is 11.6 Å². The number of aromatic nitrogens is 2. The van der Waals surface area contributed by atoms with E-state index in [0.29, 0.717) is 11.1 Å². The quantitative estimate of drug-likeness (QED) is 0.572.